The van der Waals surface area contributed by atoms with Crippen molar-refractivity contribution in [3.8, 4) is 5.75 Å². The Balaban J connectivity index is 2.46. The van der Waals surface area contributed by atoms with Crippen molar-refractivity contribution in [1.82, 2.24) is 4.90 Å². The van der Waals surface area contributed by atoms with E-state index in [1.165, 1.54) is 3.61 Å². The number of hydrogen-bond acceptors (Lipinski definition) is 3. The molecule has 0 saturated heterocycles. The van der Waals surface area contributed by atoms with E-state index in [1.807, 2.05) is 21.1 Å². The summed E-state index contributed by atoms with van der Waals surface area (Å²) in [5.41, 5.74) is 0. The van der Waals surface area contributed by atoms with Gasteiger partial charge in [-0.1, -0.05) is 0 Å². The van der Waals surface area contributed by atoms with E-state index in [4.69, 9.17) is 17.0 Å². The minimum absolute atomic E-state index is 0.284. The molecule has 94 valence electrons. The van der Waals surface area contributed by atoms with Crippen molar-refractivity contribution in [1.29, 1.82) is 0 Å². The third kappa shape index (κ3) is 5.05. The summed E-state index contributed by atoms with van der Waals surface area (Å²) in [4.78, 5) is 2.23. The van der Waals surface area contributed by atoms with Crippen LogP contribution in [0.15, 0.2) is 24.3 Å². The van der Waals surface area contributed by atoms with Gasteiger partial charge in [0.15, 0.2) is 0 Å². The van der Waals surface area contributed by atoms with Crippen molar-refractivity contribution >= 4 is 48.7 Å². The van der Waals surface area contributed by atoms with Crippen LogP contribution in [0.4, 0.5) is 0 Å². The van der Waals surface area contributed by atoms with Gasteiger partial charge in [-0.05, 0) is 0 Å². The molecule has 5 heteroatoms. The number of benzene rings is 1. The van der Waals surface area contributed by atoms with Gasteiger partial charge in [0.05, 0.1) is 0 Å². The fourth-order valence-corrected chi connectivity index (χ4v) is 6.51. The molecule has 0 amide bonds. The molecule has 0 radical (unpaired) electrons. The topological polar surface area (TPSA) is 12.5 Å². The molecule has 0 aromatic heterocycles. The Kier molecular flexibility index (Phi) is 7.29. The summed E-state index contributed by atoms with van der Waals surface area (Å²) in [6.45, 7) is 6.28. The summed E-state index contributed by atoms with van der Waals surface area (Å²) >= 11 is 5.13. The summed E-state index contributed by atoms with van der Waals surface area (Å²) < 4.78 is 7.58. The zero-order chi connectivity index (χ0) is 12.7. The van der Waals surface area contributed by atoms with Crippen molar-refractivity contribution in [3.05, 3.63) is 24.3 Å². The van der Waals surface area contributed by atoms with E-state index in [2.05, 4.69) is 30.9 Å². The molecule has 0 saturated carbocycles. The van der Waals surface area contributed by atoms with Crippen LogP contribution in [0.3, 0.4) is 0 Å². The molecule has 1 rings (SSSR count). The molecule has 0 aliphatic heterocycles. The standard InChI is InChI=1S/C12H17NOS2Te/c1-4-13(5-2)12(15)16-17-11-8-6-10(14-3)7-9-11/h6-9H,4-5H2,1-3H3. The molecule has 1 aromatic carbocycles. The first-order chi connectivity index (χ1) is 8.21. The summed E-state index contributed by atoms with van der Waals surface area (Å²) in [6, 6.07) is 8.31. The molecule has 0 fully saturated rings. The van der Waals surface area contributed by atoms with Crippen molar-refractivity contribution < 1.29 is 4.74 Å². The number of nitrogens with zero attached hydrogens (tertiary/aromatic N) is 1. The van der Waals surface area contributed by atoms with E-state index in [9.17, 15) is 0 Å². The fourth-order valence-electron chi connectivity index (χ4n) is 1.25. The Morgan fingerprint density at radius 3 is 2.35 bits per heavy atom. The molecular weight excluding hydrogens is 366 g/mol. The van der Waals surface area contributed by atoms with Gasteiger partial charge < -0.3 is 0 Å². The number of methoxy groups -OCH3 is 1. The van der Waals surface area contributed by atoms with Gasteiger partial charge in [0.2, 0.25) is 0 Å². The van der Waals surface area contributed by atoms with E-state index >= 15 is 0 Å². The SMILES string of the molecule is CCN(CC)C(=S)S[Te]c1ccc(OC)cc1. The molecule has 17 heavy (non-hydrogen) atoms. The second-order valence-corrected chi connectivity index (χ2v) is 8.85. The molecular formula is C12H17NOS2Te. The van der Waals surface area contributed by atoms with Gasteiger partial charge in [0.1, 0.15) is 0 Å². The van der Waals surface area contributed by atoms with Gasteiger partial charge in [-0.2, -0.15) is 0 Å². The first-order valence-electron chi connectivity index (χ1n) is 5.48. The van der Waals surface area contributed by atoms with Crippen molar-refractivity contribution in [3.63, 3.8) is 0 Å². The average molecular weight is 383 g/mol. The molecule has 0 atom stereocenters. The molecule has 0 N–H and O–H groups in total. The first kappa shape index (κ1) is 15.1. The Hall–Kier alpha value is 0.0496. The zero-order valence-corrected chi connectivity index (χ0v) is 14.3. The summed E-state index contributed by atoms with van der Waals surface area (Å²) in [7, 11) is 3.54. The van der Waals surface area contributed by atoms with Gasteiger partial charge in [0.25, 0.3) is 0 Å². The predicted molar refractivity (Wildman–Crippen MR) is 81.5 cm³/mol. The number of ether oxygens (including phenoxy) is 1. The van der Waals surface area contributed by atoms with Crippen LogP contribution in [-0.4, -0.2) is 49.0 Å². The maximum absolute atomic E-state index is 5.42. The number of thiocarbonyl (C=S) groups is 1. The van der Waals surface area contributed by atoms with E-state index in [0.29, 0.717) is 0 Å². The van der Waals surface area contributed by atoms with Gasteiger partial charge in [0, 0.05) is 0 Å². The van der Waals surface area contributed by atoms with Crippen LogP contribution in [0, 0.1) is 0 Å². The van der Waals surface area contributed by atoms with Gasteiger partial charge >= 0.3 is 122 Å². The van der Waals surface area contributed by atoms with E-state index in [0.717, 1.165) is 23.2 Å². The zero-order valence-electron chi connectivity index (χ0n) is 10.3. The summed E-state index contributed by atoms with van der Waals surface area (Å²) in [5.74, 6) is 0.914. The third-order valence-corrected chi connectivity index (χ3v) is 8.95. The van der Waals surface area contributed by atoms with Gasteiger partial charge in [-0.15, -0.1) is 0 Å². The van der Waals surface area contributed by atoms with Crippen LogP contribution in [-0.2, 0) is 0 Å². The van der Waals surface area contributed by atoms with Crippen LogP contribution in [0.25, 0.3) is 0 Å². The van der Waals surface area contributed by atoms with E-state index in [1.54, 1.807) is 7.11 Å². The molecule has 0 heterocycles. The molecule has 0 bridgehead atoms. The van der Waals surface area contributed by atoms with E-state index < -0.39 is 0 Å². The second kappa shape index (κ2) is 8.20. The Labute approximate surface area is 122 Å². The summed E-state index contributed by atoms with van der Waals surface area (Å²) in [6.07, 6.45) is 0. The van der Waals surface area contributed by atoms with Crippen LogP contribution in [0.1, 0.15) is 13.8 Å². The molecule has 1 aromatic rings. The molecule has 0 spiro atoms. The minimum atomic E-state index is -0.284. The molecule has 0 aliphatic carbocycles. The number of hydrogen-bond donors (Lipinski definition) is 0. The van der Waals surface area contributed by atoms with Crippen molar-refractivity contribution in [2.24, 2.45) is 0 Å². The molecule has 0 unspecified atom stereocenters. The van der Waals surface area contributed by atoms with Gasteiger partial charge in [-0.25, -0.2) is 0 Å². The second-order valence-electron chi connectivity index (χ2n) is 3.28. The number of rotatable bonds is 5. The van der Waals surface area contributed by atoms with Gasteiger partial charge in [-0.3, -0.25) is 0 Å². The molecule has 0 aliphatic rings. The van der Waals surface area contributed by atoms with Crippen molar-refractivity contribution in [2.45, 2.75) is 13.8 Å². The summed E-state index contributed by atoms with van der Waals surface area (Å²) in [5, 5.41) is 0. The Bertz CT molecular complexity index is 352. The first-order valence-corrected chi connectivity index (χ1v) is 10.7. The fraction of sp³-hybridized carbons (Fsp3) is 0.417. The predicted octanol–water partition coefficient (Wildman–Crippen LogP) is 2.30. The normalized spacial score (nSPS) is 10.1. The van der Waals surface area contributed by atoms with Crippen LogP contribution in [0.5, 0.6) is 5.75 Å². The maximum atomic E-state index is 5.42. The monoisotopic (exact) mass is 385 g/mol. The van der Waals surface area contributed by atoms with E-state index in [-0.39, 0.29) is 19.5 Å². The Morgan fingerprint density at radius 1 is 1.29 bits per heavy atom. The van der Waals surface area contributed by atoms with Crippen LogP contribution >= 0.6 is 21.2 Å². The third-order valence-electron chi connectivity index (χ3n) is 2.29. The molecule has 2 nitrogen and oxygen atoms in total. The van der Waals surface area contributed by atoms with Crippen LogP contribution in [0.2, 0.25) is 0 Å². The Morgan fingerprint density at radius 2 is 1.88 bits per heavy atom. The quantitative estimate of drug-likeness (QED) is 0.572. The van der Waals surface area contributed by atoms with Crippen molar-refractivity contribution in [2.75, 3.05) is 20.2 Å². The van der Waals surface area contributed by atoms with Crippen LogP contribution < -0.4 is 8.35 Å². The average Bonchev–Trinajstić information content (AvgIpc) is 2.38.